The molecule has 0 aromatic rings. The van der Waals surface area contributed by atoms with Crippen LogP contribution in [0.1, 0.15) is 12.8 Å². The van der Waals surface area contributed by atoms with Gasteiger partial charge in [-0.25, -0.2) is 0 Å². The number of carbonyl (C=O) groups is 2. The first-order valence-electron chi connectivity index (χ1n) is 3.22. The van der Waals surface area contributed by atoms with Gasteiger partial charge in [0.25, 0.3) is 10.1 Å². The highest BCUT2D eigenvalue weighted by atomic mass is 32.2. The minimum Gasteiger partial charge on any atom is -0.480 e. The predicted octanol–water partition coefficient (Wildman–Crippen LogP) is -1.41. The van der Waals surface area contributed by atoms with Crippen molar-refractivity contribution < 1.29 is 27.7 Å². The number of carbonyl (C=O) groups excluding carboxylic acids is 1. The van der Waals surface area contributed by atoms with Crippen LogP contribution in [-0.4, -0.2) is 35.2 Å². The van der Waals surface area contributed by atoms with E-state index in [0.717, 1.165) is 0 Å². The molecule has 0 aromatic heterocycles. The molecule has 0 saturated heterocycles. The summed E-state index contributed by atoms with van der Waals surface area (Å²) in [6.07, 6.45) is -0.930. The molecular weight excluding hydrogens is 202 g/mol. The van der Waals surface area contributed by atoms with Gasteiger partial charge in [-0.2, -0.15) is 8.42 Å². The first-order valence-corrected chi connectivity index (χ1v) is 4.73. The van der Waals surface area contributed by atoms with Gasteiger partial charge in [0, 0.05) is 6.42 Å². The van der Waals surface area contributed by atoms with Crippen LogP contribution in [0.2, 0.25) is 0 Å². The number of amides is 1. The van der Waals surface area contributed by atoms with Crippen molar-refractivity contribution in [2.45, 2.75) is 18.1 Å². The summed E-state index contributed by atoms with van der Waals surface area (Å²) < 4.78 is 29.2. The lowest BCUT2D eigenvalue weighted by Gasteiger charge is -2.06. The molecule has 0 saturated carbocycles. The third-order valence-corrected chi connectivity index (χ3v) is 2.44. The number of hydrogen-bond donors (Lipinski definition) is 3. The normalized spacial score (nSPS) is 13.6. The number of carboxylic acid groups (broad SMARTS) is 1. The minimum atomic E-state index is -4.67. The van der Waals surface area contributed by atoms with Crippen molar-refractivity contribution in [2.75, 3.05) is 0 Å². The number of rotatable bonds is 5. The quantitative estimate of drug-likeness (QED) is 0.478. The zero-order valence-electron chi connectivity index (χ0n) is 6.50. The smallest absolute Gasteiger partial charge is 0.324 e. The Bertz CT molecular complexity index is 307. The van der Waals surface area contributed by atoms with E-state index in [1.165, 1.54) is 0 Å². The summed E-state index contributed by atoms with van der Waals surface area (Å²) in [5.41, 5.74) is 4.68. The van der Waals surface area contributed by atoms with Gasteiger partial charge >= 0.3 is 5.97 Å². The Balaban J connectivity index is 4.47. The van der Waals surface area contributed by atoms with Gasteiger partial charge in [0.15, 0.2) is 5.25 Å². The van der Waals surface area contributed by atoms with Crippen molar-refractivity contribution in [3.63, 3.8) is 0 Å². The molecule has 76 valence electrons. The van der Waals surface area contributed by atoms with E-state index in [9.17, 15) is 18.0 Å². The fourth-order valence-corrected chi connectivity index (χ4v) is 1.34. The first kappa shape index (κ1) is 11.8. The van der Waals surface area contributed by atoms with Crippen LogP contribution in [-0.2, 0) is 19.7 Å². The van der Waals surface area contributed by atoms with Gasteiger partial charge in [-0.15, -0.1) is 0 Å². The Morgan fingerprint density at radius 3 is 2.08 bits per heavy atom. The molecule has 0 fully saturated rings. The van der Waals surface area contributed by atoms with E-state index < -0.39 is 40.1 Å². The number of aliphatic carboxylic acids is 1. The van der Waals surface area contributed by atoms with Crippen molar-refractivity contribution in [3.05, 3.63) is 0 Å². The fourth-order valence-electron chi connectivity index (χ4n) is 0.673. The number of nitrogens with two attached hydrogens (primary N) is 1. The van der Waals surface area contributed by atoms with E-state index in [4.69, 9.17) is 9.66 Å². The van der Waals surface area contributed by atoms with Crippen molar-refractivity contribution in [1.82, 2.24) is 0 Å². The molecule has 0 rings (SSSR count). The molecule has 0 aliphatic heterocycles. The van der Waals surface area contributed by atoms with Gasteiger partial charge in [0.1, 0.15) is 0 Å². The average Bonchev–Trinajstić information content (AvgIpc) is 1.81. The maximum absolute atomic E-state index is 10.4. The lowest BCUT2D eigenvalue weighted by atomic mass is 10.2. The monoisotopic (exact) mass is 211 g/mol. The highest BCUT2D eigenvalue weighted by molar-refractivity contribution is 7.87. The Kier molecular flexibility index (Phi) is 3.82. The summed E-state index contributed by atoms with van der Waals surface area (Å²) in [6, 6.07) is 0. The maximum atomic E-state index is 10.4. The van der Waals surface area contributed by atoms with Crippen molar-refractivity contribution in [1.29, 1.82) is 0 Å². The van der Waals surface area contributed by atoms with Crippen LogP contribution in [0.25, 0.3) is 0 Å². The molecule has 0 heterocycles. The highest BCUT2D eigenvalue weighted by Gasteiger charge is 2.30. The van der Waals surface area contributed by atoms with Gasteiger partial charge in [0.2, 0.25) is 5.91 Å². The third kappa shape index (κ3) is 4.43. The van der Waals surface area contributed by atoms with E-state index in [1.807, 2.05) is 0 Å². The van der Waals surface area contributed by atoms with E-state index >= 15 is 0 Å². The average molecular weight is 211 g/mol. The lowest BCUT2D eigenvalue weighted by Crippen LogP contribution is -2.31. The van der Waals surface area contributed by atoms with Crippen molar-refractivity contribution in [3.8, 4) is 0 Å². The van der Waals surface area contributed by atoms with Crippen LogP contribution in [0.15, 0.2) is 0 Å². The summed E-state index contributed by atoms with van der Waals surface area (Å²) in [5, 5.41) is 6.34. The van der Waals surface area contributed by atoms with Gasteiger partial charge in [-0.1, -0.05) is 0 Å². The maximum Gasteiger partial charge on any atom is 0.324 e. The molecule has 1 atom stereocenters. The molecule has 4 N–H and O–H groups in total. The van der Waals surface area contributed by atoms with Crippen LogP contribution in [0.4, 0.5) is 0 Å². The standard InChI is InChI=1S/C5H9NO6S/c6-4(7)2-1-3(5(8)9)13(10,11)12/h3H,1-2H2,(H2,6,7)(H,8,9)(H,10,11,12)/t3-/m1/s1. The van der Waals surface area contributed by atoms with Gasteiger partial charge in [0.05, 0.1) is 0 Å². The summed E-state index contributed by atoms with van der Waals surface area (Å²) in [5.74, 6) is -2.53. The Hall–Kier alpha value is -1.15. The van der Waals surface area contributed by atoms with Crippen LogP contribution in [0.3, 0.4) is 0 Å². The number of hydrogen-bond acceptors (Lipinski definition) is 4. The SMILES string of the molecule is NC(=O)CC[C@H](C(=O)O)S(=O)(=O)O. The topological polar surface area (TPSA) is 135 Å². The third-order valence-electron chi connectivity index (χ3n) is 1.29. The summed E-state index contributed by atoms with van der Waals surface area (Å²) >= 11 is 0. The molecule has 0 aromatic carbocycles. The van der Waals surface area contributed by atoms with Crippen molar-refractivity contribution >= 4 is 22.0 Å². The second kappa shape index (κ2) is 4.19. The van der Waals surface area contributed by atoms with E-state index in [1.54, 1.807) is 0 Å². The predicted molar refractivity (Wildman–Crippen MR) is 41.4 cm³/mol. The molecule has 8 heteroatoms. The van der Waals surface area contributed by atoms with Crippen LogP contribution >= 0.6 is 0 Å². The van der Waals surface area contributed by atoms with E-state index in [0.29, 0.717) is 0 Å². The Labute approximate surface area is 74.3 Å². The second-order valence-electron chi connectivity index (χ2n) is 2.35. The molecule has 13 heavy (non-hydrogen) atoms. The van der Waals surface area contributed by atoms with Crippen LogP contribution < -0.4 is 5.73 Å². The molecule has 1 amide bonds. The van der Waals surface area contributed by atoms with Crippen LogP contribution in [0.5, 0.6) is 0 Å². The Morgan fingerprint density at radius 1 is 1.38 bits per heavy atom. The lowest BCUT2D eigenvalue weighted by molar-refractivity contribution is -0.136. The van der Waals surface area contributed by atoms with E-state index in [2.05, 4.69) is 5.73 Å². The zero-order valence-corrected chi connectivity index (χ0v) is 7.32. The fraction of sp³-hybridized carbons (Fsp3) is 0.600. The van der Waals surface area contributed by atoms with E-state index in [-0.39, 0.29) is 0 Å². The molecular formula is C5H9NO6S. The molecule has 0 radical (unpaired) electrons. The first-order chi connectivity index (χ1) is 5.75. The van der Waals surface area contributed by atoms with Crippen molar-refractivity contribution in [2.24, 2.45) is 5.73 Å². The molecule has 7 nitrogen and oxygen atoms in total. The zero-order chi connectivity index (χ0) is 10.6. The Morgan fingerprint density at radius 2 is 1.85 bits per heavy atom. The largest absolute Gasteiger partial charge is 0.480 e. The molecule has 0 bridgehead atoms. The summed E-state index contributed by atoms with van der Waals surface area (Å²) in [7, 11) is -4.67. The van der Waals surface area contributed by atoms with Crippen LogP contribution in [0, 0.1) is 0 Å². The summed E-state index contributed by atoms with van der Waals surface area (Å²) in [6.45, 7) is 0. The summed E-state index contributed by atoms with van der Waals surface area (Å²) in [4.78, 5) is 20.5. The second-order valence-corrected chi connectivity index (χ2v) is 3.95. The minimum absolute atomic E-state index is 0.406. The van der Waals surface area contributed by atoms with Gasteiger partial charge < -0.3 is 10.8 Å². The molecule has 0 unspecified atom stereocenters. The van der Waals surface area contributed by atoms with Gasteiger partial charge in [-0.05, 0) is 6.42 Å². The molecule has 0 aliphatic carbocycles. The number of primary amides is 1. The number of carboxylic acids is 1. The molecule has 0 spiro atoms. The van der Waals surface area contributed by atoms with Gasteiger partial charge in [-0.3, -0.25) is 14.1 Å². The molecule has 0 aliphatic rings. The highest BCUT2D eigenvalue weighted by Crippen LogP contribution is 2.06.